The van der Waals surface area contributed by atoms with E-state index in [1.807, 2.05) is 0 Å². The molecule has 0 aliphatic heterocycles. The Morgan fingerprint density at radius 2 is 1.15 bits per heavy atom. The smallest absolute Gasteiger partial charge is 0.0602 e. The number of hydrogen-bond acceptors (Lipinski definition) is 1. The molecule has 1 nitrogen and oxygen atoms in total. The standard InChI is InChI=1S/C19H34O/c1-3-5-13-7-9-15-16-10-8-14(6-4-2)12-18(16)19(20)17(15)11-13/h13-20H,3-12H2,1-2H3. The summed E-state index contributed by atoms with van der Waals surface area (Å²) < 4.78 is 0. The van der Waals surface area contributed by atoms with Gasteiger partial charge in [-0.05, 0) is 61.2 Å². The molecule has 1 heteroatoms. The zero-order valence-corrected chi connectivity index (χ0v) is 13.6. The second-order valence-electron chi connectivity index (χ2n) is 8.08. The predicted molar refractivity (Wildman–Crippen MR) is 84.5 cm³/mol. The van der Waals surface area contributed by atoms with Gasteiger partial charge in [0.2, 0.25) is 0 Å². The van der Waals surface area contributed by atoms with E-state index in [0.717, 1.165) is 23.7 Å². The Labute approximate surface area is 125 Å². The third-order valence-corrected chi connectivity index (χ3v) is 6.95. The SMILES string of the molecule is CCCC1CCC2C(C1)C(O)C1CC(CCC)CCC12. The minimum absolute atomic E-state index is 0.0457. The van der Waals surface area contributed by atoms with Gasteiger partial charge in [0.25, 0.3) is 0 Å². The highest BCUT2D eigenvalue weighted by molar-refractivity contribution is 5.02. The number of hydrogen-bond donors (Lipinski definition) is 1. The van der Waals surface area contributed by atoms with Gasteiger partial charge in [-0.2, -0.15) is 0 Å². The van der Waals surface area contributed by atoms with Gasteiger partial charge >= 0.3 is 0 Å². The lowest BCUT2D eigenvalue weighted by molar-refractivity contribution is 0.0412. The van der Waals surface area contributed by atoms with Crippen molar-refractivity contribution >= 4 is 0 Å². The van der Waals surface area contributed by atoms with Gasteiger partial charge in [-0.3, -0.25) is 0 Å². The van der Waals surface area contributed by atoms with Crippen molar-refractivity contribution in [3.05, 3.63) is 0 Å². The first-order valence-electron chi connectivity index (χ1n) is 9.42. The van der Waals surface area contributed by atoms with Crippen molar-refractivity contribution in [2.75, 3.05) is 0 Å². The second-order valence-corrected chi connectivity index (χ2v) is 8.08. The van der Waals surface area contributed by atoms with Crippen LogP contribution in [0, 0.1) is 35.5 Å². The van der Waals surface area contributed by atoms with Crippen LogP contribution in [-0.4, -0.2) is 11.2 Å². The first-order valence-corrected chi connectivity index (χ1v) is 9.42. The van der Waals surface area contributed by atoms with Crippen LogP contribution < -0.4 is 0 Å². The summed E-state index contributed by atoms with van der Waals surface area (Å²) in [7, 11) is 0. The minimum Gasteiger partial charge on any atom is -0.393 e. The van der Waals surface area contributed by atoms with Crippen molar-refractivity contribution in [1.82, 2.24) is 0 Å². The van der Waals surface area contributed by atoms with Gasteiger partial charge in [-0.25, -0.2) is 0 Å². The van der Waals surface area contributed by atoms with E-state index < -0.39 is 0 Å². The Balaban J connectivity index is 1.66. The fourth-order valence-electron chi connectivity index (χ4n) is 6.15. The summed E-state index contributed by atoms with van der Waals surface area (Å²) in [5.41, 5.74) is 0. The van der Waals surface area contributed by atoms with Gasteiger partial charge in [-0.1, -0.05) is 52.4 Å². The van der Waals surface area contributed by atoms with Crippen LogP contribution in [0.2, 0.25) is 0 Å². The number of fused-ring (bicyclic) bond motifs is 3. The zero-order chi connectivity index (χ0) is 14.1. The van der Waals surface area contributed by atoms with E-state index in [1.165, 1.54) is 64.2 Å². The van der Waals surface area contributed by atoms with E-state index in [9.17, 15) is 5.11 Å². The molecule has 0 spiro atoms. The maximum absolute atomic E-state index is 10.9. The van der Waals surface area contributed by atoms with Crippen molar-refractivity contribution in [2.45, 2.75) is 84.2 Å². The van der Waals surface area contributed by atoms with Crippen molar-refractivity contribution < 1.29 is 5.11 Å². The normalized spacial score (nSPS) is 47.9. The molecule has 20 heavy (non-hydrogen) atoms. The Morgan fingerprint density at radius 3 is 1.55 bits per heavy atom. The minimum atomic E-state index is 0.0457. The molecule has 0 radical (unpaired) electrons. The van der Waals surface area contributed by atoms with Crippen LogP contribution in [-0.2, 0) is 0 Å². The molecular weight excluding hydrogens is 244 g/mol. The van der Waals surface area contributed by atoms with Crippen molar-refractivity contribution in [2.24, 2.45) is 35.5 Å². The first-order chi connectivity index (χ1) is 9.74. The quantitative estimate of drug-likeness (QED) is 0.765. The third kappa shape index (κ3) is 2.67. The highest BCUT2D eigenvalue weighted by Gasteiger charge is 2.52. The summed E-state index contributed by atoms with van der Waals surface area (Å²) >= 11 is 0. The summed E-state index contributed by atoms with van der Waals surface area (Å²) in [5.74, 6) is 4.92. The van der Waals surface area contributed by atoms with Crippen LogP contribution in [0.3, 0.4) is 0 Å². The van der Waals surface area contributed by atoms with E-state index in [0.29, 0.717) is 11.8 Å². The Bertz CT molecular complexity index is 283. The highest BCUT2D eigenvalue weighted by atomic mass is 16.3. The van der Waals surface area contributed by atoms with Crippen LogP contribution in [0.1, 0.15) is 78.1 Å². The largest absolute Gasteiger partial charge is 0.393 e. The lowest BCUT2D eigenvalue weighted by Crippen LogP contribution is -2.29. The molecule has 0 heterocycles. The Kier molecular flexibility index (Phi) is 4.75. The summed E-state index contributed by atoms with van der Waals surface area (Å²) in [4.78, 5) is 0. The average Bonchev–Trinajstić information content (AvgIpc) is 2.73. The Hall–Kier alpha value is -0.0400. The third-order valence-electron chi connectivity index (χ3n) is 6.95. The molecule has 3 saturated carbocycles. The monoisotopic (exact) mass is 278 g/mol. The van der Waals surface area contributed by atoms with Gasteiger partial charge in [0.05, 0.1) is 6.10 Å². The van der Waals surface area contributed by atoms with E-state index in [2.05, 4.69) is 13.8 Å². The van der Waals surface area contributed by atoms with Crippen LogP contribution >= 0.6 is 0 Å². The molecule has 0 amide bonds. The molecule has 1 N–H and O–H groups in total. The zero-order valence-electron chi connectivity index (χ0n) is 13.6. The van der Waals surface area contributed by atoms with Crippen LogP contribution in [0.5, 0.6) is 0 Å². The number of aliphatic hydroxyl groups is 1. The van der Waals surface area contributed by atoms with Crippen molar-refractivity contribution in [1.29, 1.82) is 0 Å². The van der Waals surface area contributed by atoms with Crippen LogP contribution in [0.4, 0.5) is 0 Å². The van der Waals surface area contributed by atoms with E-state index in [4.69, 9.17) is 0 Å². The van der Waals surface area contributed by atoms with Crippen molar-refractivity contribution in [3.8, 4) is 0 Å². The molecule has 3 aliphatic rings. The van der Waals surface area contributed by atoms with Gasteiger partial charge < -0.3 is 5.11 Å². The molecule has 6 unspecified atom stereocenters. The number of rotatable bonds is 4. The lowest BCUT2D eigenvalue weighted by atomic mass is 9.68. The summed E-state index contributed by atoms with van der Waals surface area (Å²) in [6.07, 6.45) is 13.9. The fourth-order valence-corrected chi connectivity index (χ4v) is 6.15. The van der Waals surface area contributed by atoms with Gasteiger partial charge in [0.1, 0.15) is 0 Å². The molecule has 3 aliphatic carbocycles. The first kappa shape index (κ1) is 14.9. The predicted octanol–water partition coefficient (Wildman–Crippen LogP) is 5.03. The van der Waals surface area contributed by atoms with Crippen LogP contribution in [0.15, 0.2) is 0 Å². The molecule has 0 saturated heterocycles. The second kappa shape index (κ2) is 6.38. The van der Waals surface area contributed by atoms with Gasteiger partial charge in [0, 0.05) is 0 Å². The molecular formula is C19H34O. The topological polar surface area (TPSA) is 20.2 Å². The maximum atomic E-state index is 10.9. The maximum Gasteiger partial charge on any atom is 0.0602 e. The molecule has 6 atom stereocenters. The molecule has 0 aromatic carbocycles. The highest BCUT2D eigenvalue weighted by Crippen LogP contribution is 2.56. The van der Waals surface area contributed by atoms with Crippen molar-refractivity contribution in [3.63, 3.8) is 0 Å². The molecule has 3 rings (SSSR count). The Morgan fingerprint density at radius 1 is 0.700 bits per heavy atom. The van der Waals surface area contributed by atoms with E-state index >= 15 is 0 Å². The summed E-state index contributed by atoms with van der Waals surface area (Å²) in [6, 6.07) is 0. The average molecular weight is 278 g/mol. The van der Waals surface area contributed by atoms with E-state index in [1.54, 1.807) is 0 Å². The lowest BCUT2D eigenvalue weighted by Gasteiger charge is -2.37. The van der Waals surface area contributed by atoms with Gasteiger partial charge in [0.15, 0.2) is 0 Å². The molecule has 116 valence electrons. The fraction of sp³-hybridized carbons (Fsp3) is 1.00. The summed E-state index contributed by atoms with van der Waals surface area (Å²) in [6.45, 7) is 4.62. The number of aliphatic hydroxyl groups excluding tert-OH is 1. The molecule has 0 aromatic rings. The van der Waals surface area contributed by atoms with E-state index in [-0.39, 0.29) is 6.10 Å². The molecule has 3 fully saturated rings. The van der Waals surface area contributed by atoms with Crippen LogP contribution in [0.25, 0.3) is 0 Å². The van der Waals surface area contributed by atoms with Gasteiger partial charge in [-0.15, -0.1) is 0 Å². The summed E-state index contributed by atoms with van der Waals surface area (Å²) in [5, 5.41) is 10.9. The molecule has 0 bridgehead atoms. The molecule has 0 aromatic heterocycles.